The molecule has 1 heterocycles. The highest BCUT2D eigenvalue weighted by atomic mass is 32.2. The number of hydrogen-bond donors (Lipinski definition) is 1. The van der Waals surface area contributed by atoms with E-state index < -0.39 is 0 Å². The maximum Gasteiger partial charge on any atom is 0.123 e. The van der Waals surface area contributed by atoms with Gasteiger partial charge < -0.3 is 5.32 Å². The molecule has 1 saturated heterocycles. The van der Waals surface area contributed by atoms with Crippen LogP contribution in [-0.2, 0) is 0 Å². The van der Waals surface area contributed by atoms with Crippen LogP contribution in [-0.4, -0.2) is 17.0 Å². The standard InChI is InChI=1S/C12H16FNS/c1-12(2)8-15-7-11(14-12)9-4-3-5-10(13)6-9/h3-6,11,14H,7-8H2,1-2H3. The number of rotatable bonds is 1. The molecule has 1 aliphatic rings. The number of halogens is 1. The van der Waals surface area contributed by atoms with Gasteiger partial charge in [-0.2, -0.15) is 11.8 Å². The summed E-state index contributed by atoms with van der Waals surface area (Å²) in [6.07, 6.45) is 0. The van der Waals surface area contributed by atoms with Crippen molar-refractivity contribution in [2.75, 3.05) is 11.5 Å². The van der Waals surface area contributed by atoms with Crippen LogP contribution in [0.2, 0.25) is 0 Å². The van der Waals surface area contributed by atoms with Crippen molar-refractivity contribution >= 4 is 11.8 Å². The highest BCUT2D eigenvalue weighted by Crippen LogP contribution is 2.29. The summed E-state index contributed by atoms with van der Waals surface area (Å²) < 4.78 is 13.1. The van der Waals surface area contributed by atoms with Crippen molar-refractivity contribution in [1.82, 2.24) is 5.32 Å². The Morgan fingerprint density at radius 2 is 2.27 bits per heavy atom. The van der Waals surface area contributed by atoms with Gasteiger partial charge in [0, 0.05) is 23.1 Å². The highest BCUT2D eigenvalue weighted by molar-refractivity contribution is 7.99. The molecule has 1 unspecified atom stereocenters. The molecule has 2 rings (SSSR count). The molecule has 1 nitrogen and oxygen atoms in total. The molecule has 1 aromatic rings. The fraction of sp³-hybridized carbons (Fsp3) is 0.500. The molecule has 0 amide bonds. The van der Waals surface area contributed by atoms with Gasteiger partial charge in [-0.25, -0.2) is 4.39 Å². The van der Waals surface area contributed by atoms with Crippen LogP contribution in [0.4, 0.5) is 4.39 Å². The summed E-state index contributed by atoms with van der Waals surface area (Å²) in [5.41, 5.74) is 1.19. The second kappa shape index (κ2) is 4.14. The molecule has 82 valence electrons. The van der Waals surface area contributed by atoms with E-state index in [9.17, 15) is 4.39 Å². The SMILES string of the molecule is CC1(C)CSCC(c2cccc(F)c2)N1. The number of nitrogens with one attached hydrogen (secondary N) is 1. The molecule has 0 radical (unpaired) electrons. The third-order valence-corrected chi connectivity index (χ3v) is 4.06. The Morgan fingerprint density at radius 3 is 2.93 bits per heavy atom. The van der Waals surface area contributed by atoms with Crippen LogP contribution in [0.15, 0.2) is 24.3 Å². The number of hydrogen-bond acceptors (Lipinski definition) is 2. The zero-order chi connectivity index (χ0) is 10.9. The minimum Gasteiger partial charge on any atom is -0.303 e. The van der Waals surface area contributed by atoms with E-state index in [1.54, 1.807) is 12.1 Å². The molecule has 0 saturated carbocycles. The van der Waals surface area contributed by atoms with Crippen molar-refractivity contribution in [3.8, 4) is 0 Å². The maximum absolute atomic E-state index is 13.1. The van der Waals surface area contributed by atoms with Gasteiger partial charge in [0.15, 0.2) is 0 Å². The summed E-state index contributed by atoms with van der Waals surface area (Å²) in [6, 6.07) is 7.15. The molecular formula is C12H16FNS. The fourth-order valence-corrected chi connectivity index (χ4v) is 3.11. The smallest absolute Gasteiger partial charge is 0.123 e. The Kier molecular flexibility index (Phi) is 3.03. The first-order chi connectivity index (χ1) is 7.07. The first-order valence-corrected chi connectivity index (χ1v) is 6.33. The lowest BCUT2D eigenvalue weighted by Gasteiger charge is -2.37. The van der Waals surface area contributed by atoms with Crippen molar-refractivity contribution in [2.24, 2.45) is 0 Å². The van der Waals surface area contributed by atoms with Crippen LogP contribution >= 0.6 is 11.8 Å². The Hall–Kier alpha value is -0.540. The molecule has 0 spiro atoms. The van der Waals surface area contributed by atoms with Gasteiger partial charge in [0.25, 0.3) is 0 Å². The minimum atomic E-state index is -0.150. The van der Waals surface area contributed by atoms with Gasteiger partial charge in [0.05, 0.1) is 0 Å². The number of benzene rings is 1. The maximum atomic E-state index is 13.1. The van der Waals surface area contributed by atoms with Crippen molar-refractivity contribution < 1.29 is 4.39 Å². The van der Waals surface area contributed by atoms with Crippen molar-refractivity contribution in [2.45, 2.75) is 25.4 Å². The molecule has 1 fully saturated rings. The van der Waals surface area contributed by atoms with E-state index in [1.807, 2.05) is 17.8 Å². The van der Waals surface area contributed by atoms with E-state index in [0.29, 0.717) is 0 Å². The van der Waals surface area contributed by atoms with Gasteiger partial charge in [0.1, 0.15) is 5.82 Å². The molecule has 0 aromatic heterocycles. The monoisotopic (exact) mass is 225 g/mol. The molecule has 1 aromatic carbocycles. The van der Waals surface area contributed by atoms with Crippen LogP contribution in [0.1, 0.15) is 25.5 Å². The van der Waals surface area contributed by atoms with Gasteiger partial charge in [-0.3, -0.25) is 0 Å². The average Bonchev–Trinajstić information content (AvgIpc) is 2.16. The van der Waals surface area contributed by atoms with Gasteiger partial charge in [-0.05, 0) is 31.5 Å². The van der Waals surface area contributed by atoms with E-state index in [2.05, 4.69) is 19.2 Å². The summed E-state index contributed by atoms with van der Waals surface area (Å²) in [5.74, 6) is 1.98. The lowest BCUT2D eigenvalue weighted by molar-refractivity contribution is 0.375. The third kappa shape index (κ3) is 2.73. The summed E-state index contributed by atoms with van der Waals surface area (Å²) in [6.45, 7) is 4.37. The lowest BCUT2D eigenvalue weighted by Crippen LogP contribution is -2.48. The molecule has 0 aliphatic carbocycles. The molecule has 0 bridgehead atoms. The number of thioether (sulfide) groups is 1. The van der Waals surface area contributed by atoms with Gasteiger partial charge in [-0.1, -0.05) is 12.1 Å². The predicted octanol–water partition coefficient (Wildman–Crippen LogP) is 2.98. The molecule has 15 heavy (non-hydrogen) atoms. The first-order valence-electron chi connectivity index (χ1n) is 5.18. The molecule has 1 aliphatic heterocycles. The molecular weight excluding hydrogens is 209 g/mol. The largest absolute Gasteiger partial charge is 0.303 e. The zero-order valence-corrected chi connectivity index (χ0v) is 9.90. The summed E-state index contributed by atoms with van der Waals surface area (Å²) in [5, 5.41) is 3.55. The topological polar surface area (TPSA) is 12.0 Å². The Morgan fingerprint density at radius 1 is 1.47 bits per heavy atom. The average molecular weight is 225 g/mol. The van der Waals surface area contributed by atoms with Crippen LogP contribution < -0.4 is 5.32 Å². The molecule has 1 N–H and O–H groups in total. The third-order valence-electron chi connectivity index (χ3n) is 2.56. The van der Waals surface area contributed by atoms with Gasteiger partial charge in [-0.15, -0.1) is 0 Å². The lowest BCUT2D eigenvalue weighted by atomic mass is 10.0. The van der Waals surface area contributed by atoms with Crippen LogP contribution in [0.5, 0.6) is 0 Å². The van der Waals surface area contributed by atoms with E-state index in [0.717, 1.165) is 17.1 Å². The second-order valence-electron chi connectivity index (χ2n) is 4.65. The van der Waals surface area contributed by atoms with Crippen molar-refractivity contribution in [1.29, 1.82) is 0 Å². The van der Waals surface area contributed by atoms with Crippen LogP contribution in [0.25, 0.3) is 0 Å². The minimum absolute atomic E-state index is 0.139. The van der Waals surface area contributed by atoms with Crippen molar-refractivity contribution in [3.05, 3.63) is 35.6 Å². The summed E-state index contributed by atoms with van der Waals surface area (Å²) >= 11 is 1.93. The summed E-state index contributed by atoms with van der Waals surface area (Å²) in [4.78, 5) is 0. The van der Waals surface area contributed by atoms with Gasteiger partial charge in [0.2, 0.25) is 0 Å². The quantitative estimate of drug-likeness (QED) is 0.788. The van der Waals surface area contributed by atoms with Gasteiger partial charge >= 0.3 is 0 Å². The Bertz CT molecular complexity index is 351. The van der Waals surface area contributed by atoms with E-state index in [4.69, 9.17) is 0 Å². The van der Waals surface area contributed by atoms with E-state index >= 15 is 0 Å². The van der Waals surface area contributed by atoms with E-state index in [-0.39, 0.29) is 17.4 Å². The molecule has 3 heteroatoms. The molecule has 1 atom stereocenters. The highest BCUT2D eigenvalue weighted by Gasteiger charge is 2.28. The summed E-state index contributed by atoms with van der Waals surface area (Å²) in [7, 11) is 0. The van der Waals surface area contributed by atoms with Crippen LogP contribution in [0.3, 0.4) is 0 Å². The second-order valence-corrected chi connectivity index (χ2v) is 5.68. The van der Waals surface area contributed by atoms with Crippen LogP contribution in [0, 0.1) is 5.82 Å². The zero-order valence-electron chi connectivity index (χ0n) is 9.09. The fourth-order valence-electron chi connectivity index (χ4n) is 1.89. The Balaban J connectivity index is 2.17. The predicted molar refractivity (Wildman–Crippen MR) is 63.7 cm³/mol. The normalized spacial score (nSPS) is 25.1. The first kappa shape index (κ1) is 11.0. The van der Waals surface area contributed by atoms with E-state index in [1.165, 1.54) is 6.07 Å². The Labute approximate surface area is 94.5 Å². The van der Waals surface area contributed by atoms with Crippen molar-refractivity contribution in [3.63, 3.8) is 0 Å².